The van der Waals surface area contributed by atoms with Gasteiger partial charge in [-0.25, -0.2) is 0 Å². The second kappa shape index (κ2) is 6.28. The predicted molar refractivity (Wildman–Crippen MR) is 62.1 cm³/mol. The van der Waals surface area contributed by atoms with Gasteiger partial charge in [-0.3, -0.25) is 4.79 Å². The molecular formula is C12H11N3O. The summed E-state index contributed by atoms with van der Waals surface area (Å²) in [6.45, 7) is 2.30. The standard InChI is InChI=1S/C12H11N3O/c1-10-5-6-12(9-16)11(8-10)4-2-3-7-14-15-13/h5-6,8-9H,3,7H2,1H3. The van der Waals surface area contributed by atoms with Crippen molar-refractivity contribution in [2.75, 3.05) is 6.54 Å². The molecular weight excluding hydrogens is 202 g/mol. The molecule has 0 radical (unpaired) electrons. The highest BCUT2D eigenvalue weighted by Crippen LogP contribution is 2.08. The number of hydrogen-bond donors (Lipinski definition) is 0. The normalized spacial score (nSPS) is 8.56. The third kappa shape index (κ3) is 3.49. The lowest BCUT2D eigenvalue weighted by Crippen LogP contribution is -1.88. The van der Waals surface area contributed by atoms with Crippen molar-refractivity contribution < 1.29 is 4.79 Å². The van der Waals surface area contributed by atoms with E-state index in [-0.39, 0.29) is 0 Å². The van der Waals surface area contributed by atoms with E-state index in [9.17, 15) is 4.79 Å². The van der Waals surface area contributed by atoms with Crippen LogP contribution < -0.4 is 0 Å². The molecule has 16 heavy (non-hydrogen) atoms. The number of aryl methyl sites for hydroxylation is 1. The maximum atomic E-state index is 10.7. The fourth-order valence-electron chi connectivity index (χ4n) is 1.19. The number of aldehydes is 1. The molecule has 0 aliphatic rings. The van der Waals surface area contributed by atoms with Gasteiger partial charge in [-0.2, -0.15) is 0 Å². The van der Waals surface area contributed by atoms with Gasteiger partial charge in [0, 0.05) is 29.0 Å². The Morgan fingerprint density at radius 1 is 1.56 bits per heavy atom. The molecule has 0 heterocycles. The minimum atomic E-state index is 0.353. The fraction of sp³-hybridized carbons (Fsp3) is 0.250. The monoisotopic (exact) mass is 213 g/mol. The molecule has 1 rings (SSSR count). The number of benzene rings is 1. The Bertz CT molecular complexity index is 491. The van der Waals surface area contributed by atoms with Gasteiger partial charge in [0.25, 0.3) is 0 Å². The summed E-state index contributed by atoms with van der Waals surface area (Å²) in [5.74, 6) is 5.76. The van der Waals surface area contributed by atoms with Gasteiger partial charge in [0.15, 0.2) is 6.29 Å². The molecule has 0 spiro atoms. The number of azide groups is 1. The van der Waals surface area contributed by atoms with Crippen molar-refractivity contribution in [1.29, 1.82) is 0 Å². The van der Waals surface area contributed by atoms with Crippen molar-refractivity contribution in [2.45, 2.75) is 13.3 Å². The lowest BCUT2D eigenvalue weighted by atomic mass is 10.1. The first-order valence-electron chi connectivity index (χ1n) is 4.83. The van der Waals surface area contributed by atoms with Crippen molar-refractivity contribution >= 4 is 6.29 Å². The van der Waals surface area contributed by atoms with Gasteiger partial charge in [-0.15, -0.1) is 0 Å². The van der Waals surface area contributed by atoms with Crippen molar-refractivity contribution in [3.8, 4) is 11.8 Å². The predicted octanol–water partition coefficient (Wildman–Crippen LogP) is 2.86. The van der Waals surface area contributed by atoms with Crippen LogP contribution in [0.15, 0.2) is 23.3 Å². The largest absolute Gasteiger partial charge is 0.298 e. The Morgan fingerprint density at radius 3 is 3.06 bits per heavy atom. The van der Waals surface area contributed by atoms with Crippen LogP contribution >= 0.6 is 0 Å². The van der Waals surface area contributed by atoms with Crippen molar-refractivity contribution in [3.63, 3.8) is 0 Å². The molecule has 0 amide bonds. The molecule has 0 saturated heterocycles. The summed E-state index contributed by atoms with van der Waals surface area (Å²) in [7, 11) is 0. The number of nitrogens with zero attached hydrogens (tertiary/aromatic N) is 3. The van der Waals surface area contributed by atoms with Crippen LogP contribution in [0.25, 0.3) is 10.4 Å². The minimum Gasteiger partial charge on any atom is -0.298 e. The summed E-state index contributed by atoms with van der Waals surface area (Å²) in [5.41, 5.74) is 10.4. The van der Waals surface area contributed by atoms with E-state index < -0.39 is 0 Å². The smallest absolute Gasteiger partial charge is 0.151 e. The van der Waals surface area contributed by atoms with Gasteiger partial charge in [0.05, 0.1) is 0 Å². The zero-order valence-electron chi connectivity index (χ0n) is 8.97. The van der Waals surface area contributed by atoms with Gasteiger partial charge in [0.1, 0.15) is 0 Å². The highest BCUT2D eigenvalue weighted by molar-refractivity contribution is 5.79. The maximum Gasteiger partial charge on any atom is 0.151 e. The lowest BCUT2D eigenvalue weighted by Gasteiger charge is -1.97. The Morgan fingerprint density at radius 2 is 2.38 bits per heavy atom. The SMILES string of the molecule is Cc1ccc(C=O)c(C#CCCN=[N+]=[N-])c1. The van der Waals surface area contributed by atoms with Crippen molar-refractivity contribution in [1.82, 2.24) is 0 Å². The number of rotatable bonds is 3. The Hall–Kier alpha value is -2.24. The molecule has 4 nitrogen and oxygen atoms in total. The van der Waals surface area contributed by atoms with E-state index >= 15 is 0 Å². The van der Waals surface area contributed by atoms with Crippen molar-refractivity contribution in [2.24, 2.45) is 5.11 Å². The molecule has 0 unspecified atom stereocenters. The minimum absolute atomic E-state index is 0.353. The van der Waals surface area contributed by atoms with Gasteiger partial charge >= 0.3 is 0 Å². The summed E-state index contributed by atoms with van der Waals surface area (Å²) >= 11 is 0. The van der Waals surface area contributed by atoms with Gasteiger partial charge in [-0.05, 0) is 24.1 Å². The molecule has 1 aromatic carbocycles. The molecule has 0 N–H and O–H groups in total. The molecule has 0 bridgehead atoms. The third-order valence-corrected chi connectivity index (χ3v) is 1.96. The van der Waals surface area contributed by atoms with Crippen LogP contribution in [-0.2, 0) is 0 Å². The third-order valence-electron chi connectivity index (χ3n) is 1.96. The number of carbonyl (C=O) groups is 1. The van der Waals surface area contributed by atoms with Crippen LogP contribution in [0.3, 0.4) is 0 Å². The number of hydrogen-bond acceptors (Lipinski definition) is 2. The maximum absolute atomic E-state index is 10.7. The summed E-state index contributed by atoms with van der Waals surface area (Å²) in [6.07, 6.45) is 1.28. The molecule has 0 saturated carbocycles. The van der Waals surface area contributed by atoms with Crippen LogP contribution in [0.2, 0.25) is 0 Å². The van der Waals surface area contributed by atoms with E-state index in [4.69, 9.17) is 5.53 Å². The molecule has 1 aromatic rings. The second-order valence-corrected chi connectivity index (χ2v) is 3.21. The summed E-state index contributed by atoms with van der Waals surface area (Å²) in [5, 5.41) is 3.37. The first kappa shape index (κ1) is 11.8. The van der Waals surface area contributed by atoms with Crippen LogP contribution in [0.5, 0.6) is 0 Å². The average Bonchev–Trinajstić information content (AvgIpc) is 2.29. The molecule has 0 atom stereocenters. The van der Waals surface area contributed by atoms with E-state index in [1.807, 2.05) is 19.1 Å². The molecule has 0 aromatic heterocycles. The van der Waals surface area contributed by atoms with E-state index in [1.165, 1.54) is 0 Å². The Kier molecular flexibility index (Phi) is 4.65. The van der Waals surface area contributed by atoms with Crippen LogP contribution in [0.4, 0.5) is 0 Å². The zero-order valence-corrected chi connectivity index (χ0v) is 8.97. The summed E-state index contributed by atoms with van der Waals surface area (Å²) in [4.78, 5) is 13.4. The number of carbonyl (C=O) groups excluding carboxylic acids is 1. The molecule has 0 fully saturated rings. The van der Waals surface area contributed by atoms with Gasteiger partial charge < -0.3 is 0 Å². The Balaban J connectivity index is 2.82. The fourth-order valence-corrected chi connectivity index (χ4v) is 1.19. The van der Waals surface area contributed by atoms with Crippen LogP contribution in [-0.4, -0.2) is 12.8 Å². The molecule has 0 aliphatic heterocycles. The van der Waals surface area contributed by atoms with E-state index in [2.05, 4.69) is 21.9 Å². The zero-order chi connectivity index (χ0) is 11.8. The first-order chi connectivity index (χ1) is 7.77. The van der Waals surface area contributed by atoms with Gasteiger partial charge in [-0.1, -0.05) is 29.1 Å². The van der Waals surface area contributed by atoms with E-state index in [0.29, 0.717) is 18.5 Å². The lowest BCUT2D eigenvalue weighted by molar-refractivity contribution is 0.112. The van der Waals surface area contributed by atoms with Crippen molar-refractivity contribution in [3.05, 3.63) is 45.3 Å². The van der Waals surface area contributed by atoms with E-state index in [0.717, 1.165) is 17.4 Å². The van der Waals surface area contributed by atoms with Gasteiger partial charge in [0.2, 0.25) is 0 Å². The highest BCUT2D eigenvalue weighted by atomic mass is 16.1. The molecule has 80 valence electrons. The molecule has 0 aliphatic carbocycles. The quantitative estimate of drug-likeness (QED) is 0.190. The first-order valence-corrected chi connectivity index (χ1v) is 4.83. The molecule has 4 heteroatoms. The van der Waals surface area contributed by atoms with E-state index in [1.54, 1.807) is 6.07 Å². The van der Waals surface area contributed by atoms with Crippen LogP contribution in [0.1, 0.15) is 27.9 Å². The topological polar surface area (TPSA) is 65.8 Å². The average molecular weight is 213 g/mol. The van der Waals surface area contributed by atoms with Crippen LogP contribution in [0, 0.1) is 18.8 Å². The highest BCUT2D eigenvalue weighted by Gasteiger charge is 1.97. The summed E-state index contributed by atoms with van der Waals surface area (Å²) in [6, 6.07) is 5.49. The summed E-state index contributed by atoms with van der Waals surface area (Å²) < 4.78 is 0. The second-order valence-electron chi connectivity index (χ2n) is 3.21. The Labute approximate surface area is 93.9 Å².